The molecule has 3 N–H and O–H groups in total. The Kier molecular flexibility index (Phi) is 18.8. The summed E-state index contributed by atoms with van der Waals surface area (Å²) in [6.07, 6.45) is 3.58. The highest BCUT2D eigenvalue weighted by Gasteiger charge is 2.27. The Balaban J connectivity index is 2.11. The Bertz CT molecular complexity index is 953. The van der Waals surface area contributed by atoms with E-state index < -0.39 is 11.0 Å². The number of hydrogen-bond donors (Lipinski definition) is 2. The average molecular weight is 616 g/mol. The van der Waals surface area contributed by atoms with Gasteiger partial charge in [-0.2, -0.15) is 11.8 Å². The maximum absolute atomic E-state index is 12.8. The van der Waals surface area contributed by atoms with Crippen LogP contribution in [0.5, 0.6) is 11.5 Å². The molecule has 0 radical (unpaired) electrons. The lowest BCUT2D eigenvalue weighted by Gasteiger charge is -2.18. The van der Waals surface area contributed by atoms with Gasteiger partial charge in [-0.15, -0.1) is 0 Å². The largest absolute Gasteiger partial charge is 0.493 e. The Labute approximate surface area is 251 Å². The fourth-order valence-corrected chi connectivity index (χ4v) is 5.10. The summed E-state index contributed by atoms with van der Waals surface area (Å²) in [5.74, 6) is 0.280. The zero-order valence-corrected chi connectivity index (χ0v) is 25.3. The molecule has 14 heteroatoms. The van der Waals surface area contributed by atoms with Gasteiger partial charge in [-0.25, -0.2) is 0 Å². The molecule has 0 saturated heterocycles. The molecule has 0 saturated carbocycles. The number of ketones is 1. The zero-order valence-electron chi connectivity index (χ0n) is 24.5. The van der Waals surface area contributed by atoms with Gasteiger partial charge in [0.2, 0.25) is 11.7 Å². The summed E-state index contributed by atoms with van der Waals surface area (Å²) in [7, 11) is 1.41. The van der Waals surface area contributed by atoms with E-state index in [0.29, 0.717) is 58.2 Å². The lowest BCUT2D eigenvalue weighted by Crippen LogP contribution is -2.43. The number of thioether (sulfide) groups is 1. The van der Waals surface area contributed by atoms with Crippen molar-refractivity contribution in [2.75, 3.05) is 78.9 Å². The Hall–Kier alpha value is -2.49. The zero-order chi connectivity index (χ0) is 30.4. The first-order valence-electron chi connectivity index (χ1n) is 14.4. The second-order valence-corrected chi connectivity index (χ2v) is 10.5. The summed E-state index contributed by atoms with van der Waals surface area (Å²) in [5, 5.41) is 14.9. The lowest BCUT2D eigenvalue weighted by atomic mass is 10.1. The van der Waals surface area contributed by atoms with E-state index in [-0.39, 0.29) is 73.0 Å². The van der Waals surface area contributed by atoms with Crippen LogP contribution in [0.15, 0.2) is 12.1 Å². The van der Waals surface area contributed by atoms with E-state index in [2.05, 4.69) is 5.32 Å². The highest BCUT2D eigenvalue weighted by atomic mass is 32.2. The van der Waals surface area contributed by atoms with Crippen LogP contribution in [0.25, 0.3) is 0 Å². The number of nitro benzene ring substituents is 1. The summed E-state index contributed by atoms with van der Waals surface area (Å²) >= 11 is 1.31. The van der Waals surface area contributed by atoms with E-state index in [1.165, 1.54) is 18.9 Å². The number of nitrogens with one attached hydrogen (secondary N) is 1. The number of methoxy groups -OCH3 is 1. The molecule has 42 heavy (non-hydrogen) atoms. The van der Waals surface area contributed by atoms with Crippen molar-refractivity contribution in [1.82, 2.24) is 5.32 Å². The summed E-state index contributed by atoms with van der Waals surface area (Å²) in [4.78, 5) is 37.0. The molecule has 0 aromatic heterocycles. The van der Waals surface area contributed by atoms with Gasteiger partial charge in [0, 0.05) is 43.1 Å². The van der Waals surface area contributed by atoms with Crippen molar-refractivity contribution < 1.29 is 42.9 Å². The van der Waals surface area contributed by atoms with Crippen molar-refractivity contribution in [2.24, 2.45) is 5.73 Å². The maximum Gasteiger partial charge on any atom is 0.318 e. The van der Waals surface area contributed by atoms with Crippen LogP contribution in [0.1, 0.15) is 44.1 Å². The van der Waals surface area contributed by atoms with Gasteiger partial charge in [0.25, 0.3) is 0 Å². The first kappa shape index (κ1) is 35.7. The van der Waals surface area contributed by atoms with E-state index in [0.717, 1.165) is 19.3 Å². The number of amides is 1. The van der Waals surface area contributed by atoms with Crippen LogP contribution in [-0.2, 0) is 34.3 Å². The standard InChI is InChI=1S/C28H45N3O10S/c1-36-25-8-7-22-20-42-21-23(24(32)6-5-10-29)30-26(33)9-13-37-11-3-2-4-12-38-14-15-39-16-17-40-18-19-41-28(25)27(22)31(34)35/h7-8,23H,2-6,9-21,29H2,1H3,(H,30,33). The van der Waals surface area contributed by atoms with Gasteiger partial charge >= 0.3 is 5.69 Å². The first-order valence-corrected chi connectivity index (χ1v) is 15.5. The molecule has 2 bridgehead atoms. The van der Waals surface area contributed by atoms with Crippen molar-refractivity contribution >= 4 is 29.1 Å². The first-order chi connectivity index (χ1) is 20.5. The molecule has 1 amide bonds. The molecule has 1 atom stereocenters. The van der Waals surface area contributed by atoms with E-state index >= 15 is 0 Å². The van der Waals surface area contributed by atoms with Crippen molar-refractivity contribution in [3.05, 3.63) is 27.8 Å². The van der Waals surface area contributed by atoms with Crippen LogP contribution in [0, 0.1) is 10.1 Å². The van der Waals surface area contributed by atoms with Gasteiger partial charge in [0.15, 0.2) is 11.5 Å². The lowest BCUT2D eigenvalue weighted by molar-refractivity contribution is -0.386. The number of rotatable bonds is 6. The molecule has 0 aliphatic carbocycles. The predicted molar refractivity (Wildman–Crippen MR) is 158 cm³/mol. The third kappa shape index (κ3) is 14.1. The molecule has 0 fully saturated rings. The van der Waals surface area contributed by atoms with E-state index in [9.17, 15) is 19.7 Å². The Morgan fingerprint density at radius 1 is 1.02 bits per heavy atom. The maximum atomic E-state index is 12.8. The quantitative estimate of drug-likeness (QED) is 0.355. The van der Waals surface area contributed by atoms with Crippen LogP contribution in [0.3, 0.4) is 0 Å². The number of carbonyl (C=O) groups excluding carboxylic acids is 2. The van der Waals surface area contributed by atoms with E-state index in [1.54, 1.807) is 12.1 Å². The minimum atomic E-state index is -0.745. The fraction of sp³-hybridized carbons (Fsp3) is 0.714. The topological polar surface area (TPSA) is 171 Å². The number of hydrogen-bond acceptors (Lipinski definition) is 12. The number of carbonyl (C=O) groups is 2. The van der Waals surface area contributed by atoms with Crippen LogP contribution in [0.2, 0.25) is 0 Å². The van der Waals surface area contributed by atoms with Crippen LogP contribution < -0.4 is 20.5 Å². The molecular formula is C28H45N3O10S. The van der Waals surface area contributed by atoms with Gasteiger partial charge in [-0.3, -0.25) is 19.7 Å². The fourth-order valence-electron chi connectivity index (χ4n) is 4.03. The molecule has 13 nitrogen and oxygen atoms in total. The number of nitro groups is 1. The molecule has 1 unspecified atom stereocenters. The molecule has 1 heterocycles. The Morgan fingerprint density at radius 2 is 1.67 bits per heavy atom. The molecular weight excluding hydrogens is 570 g/mol. The second kappa shape index (κ2) is 22.1. The smallest absolute Gasteiger partial charge is 0.318 e. The molecule has 1 aromatic rings. The minimum absolute atomic E-state index is 0.0128. The third-order valence-electron chi connectivity index (χ3n) is 6.24. The monoisotopic (exact) mass is 615 g/mol. The summed E-state index contributed by atoms with van der Waals surface area (Å²) < 4.78 is 33.2. The van der Waals surface area contributed by atoms with Crippen molar-refractivity contribution in [3.8, 4) is 11.5 Å². The molecule has 2 rings (SSSR count). The van der Waals surface area contributed by atoms with Crippen LogP contribution >= 0.6 is 11.8 Å². The van der Waals surface area contributed by atoms with E-state index in [1.807, 2.05) is 0 Å². The number of nitrogens with zero attached hydrogens (tertiary/aromatic N) is 1. The van der Waals surface area contributed by atoms with Gasteiger partial charge in [0.1, 0.15) is 6.61 Å². The minimum Gasteiger partial charge on any atom is -0.493 e. The number of benzene rings is 1. The number of fused-ring (bicyclic) bond motifs is 2. The number of Topliss-reactive ketones (excluding diaryl/α,β-unsaturated/α-hetero) is 1. The van der Waals surface area contributed by atoms with Gasteiger partial charge < -0.3 is 39.5 Å². The summed E-state index contributed by atoms with van der Waals surface area (Å²) in [6.45, 7) is 3.75. The summed E-state index contributed by atoms with van der Waals surface area (Å²) in [5.41, 5.74) is 5.76. The van der Waals surface area contributed by atoms with Crippen LogP contribution in [0.4, 0.5) is 5.69 Å². The normalized spacial score (nSPS) is 20.0. The molecule has 1 aliphatic heterocycles. The highest BCUT2D eigenvalue weighted by molar-refractivity contribution is 7.98. The molecule has 0 spiro atoms. The highest BCUT2D eigenvalue weighted by Crippen LogP contribution is 2.41. The van der Waals surface area contributed by atoms with E-state index in [4.69, 9.17) is 34.2 Å². The SMILES string of the molecule is COc1ccc2c([N+](=O)[O-])c1OCCOCCOCCOCCCCCOCCC(=O)NC(C(=O)CCCN)CSC2. The molecule has 1 aromatic carbocycles. The van der Waals surface area contributed by atoms with Crippen molar-refractivity contribution in [3.63, 3.8) is 0 Å². The van der Waals surface area contributed by atoms with Gasteiger partial charge in [-0.05, 0) is 44.4 Å². The number of nitrogens with two attached hydrogens (primary N) is 1. The Morgan fingerprint density at radius 3 is 2.31 bits per heavy atom. The van der Waals surface area contributed by atoms with Crippen molar-refractivity contribution in [2.45, 2.75) is 50.3 Å². The van der Waals surface area contributed by atoms with Crippen LogP contribution in [-0.4, -0.2) is 102 Å². The third-order valence-corrected chi connectivity index (χ3v) is 7.33. The average Bonchev–Trinajstić information content (AvgIpc) is 2.98. The predicted octanol–water partition coefficient (Wildman–Crippen LogP) is 2.65. The molecule has 1 aliphatic rings. The summed E-state index contributed by atoms with van der Waals surface area (Å²) in [6, 6.07) is 2.47. The number of ether oxygens (including phenoxy) is 6. The van der Waals surface area contributed by atoms with Gasteiger partial charge in [-0.1, -0.05) is 0 Å². The van der Waals surface area contributed by atoms with Crippen molar-refractivity contribution in [1.29, 1.82) is 0 Å². The molecule has 238 valence electrons. The van der Waals surface area contributed by atoms with Gasteiger partial charge in [0.05, 0.1) is 57.7 Å². The second-order valence-electron chi connectivity index (χ2n) is 9.46.